The molecule has 0 bridgehead atoms. The Bertz CT molecular complexity index is 822. The number of thioether (sulfide) groups is 1. The van der Waals surface area contributed by atoms with Crippen molar-refractivity contribution in [2.75, 3.05) is 0 Å². The molecule has 25 heavy (non-hydrogen) atoms. The summed E-state index contributed by atoms with van der Waals surface area (Å²) in [4.78, 5) is 13.2. The maximum atomic E-state index is 12.2. The van der Waals surface area contributed by atoms with Crippen molar-refractivity contribution >= 4 is 39.3 Å². The van der Waals surface area contributed by atoms with E-state index in [0.717, 1.165) is 10.5 Å². The Morgan fingerprint density at radius 1 is 1.12 bits per heavy atom. The lowest BCUT2D eigenvalue weighted by atomic mass is 10.1. The molecule has 0 aromatic heterocycles. The highest BCUT2D eigenvalue weighted by atomic mass is 35.5. The van der Waals surface area contributed by atoms with Crippen LogP contribution in [0.1, 0.15) is 18.1 Å². The smallest absolute Gasteiger partial charge is 0.233 e. The van der Waals surface area contributed by atoms with E-state index in [4.69, 9.17) is 16.7 Å². The molecule has 0 aliphatic rings. The standard InChI is InChI=1S/C17H19ClN2O3S2/c1-12(24-16-8-6-15(18)7-9-16)17(21)20-10-13-2-4-14(5-3-13)11-25(19,22)23/h2-9,12H,10-11H2,1H3,(H,20,21)(H2,19,22,23). The van der Waals surface area contributed by atoms with E-state index in [1.54, 1.807) is 36.4 Å². The third kappa shape index (κ3) is 7.07. The Hall–Kier alpha value is -1.54. The van der Waals surface area contributed by atoms with Gasteiger partial charge in [-0.3, -0.25) is 4.79 Å². The number of nitrogens with one attached hydrogen (secondary N) is 1. The van der Waals surface area contributed by atoms with Gasteiger partial charge in [-0.2, -0.15) is 0 Å². The van der Waals surface area contributed by atoms with Crippen molar-refractivity contribution in [3.8, 4) is 0 Å². The van der Waals surface area contributed by atoms with Gasteiger partial charge < -0.3 is 5.32 Å². The summed E-state index contributed by atoms with van der Waals surface area (Å²) >= 11 is 7.30. The molecular formula is C17H19ClN2O3S2. The van der Waals surface area contributed by atoms with Crippen molar-refractivity contribution in [1.29, 1.82) is 0 Å². The number of primary sulfonamides is 1. The zero-order valence-corrected chi connectivity index (χ0v) is 16.0. The van der Waals surface area contributed by atoms with E-state index in [0.29, 0.717) is 17.1 Å². The van der Waals surface area contributed by atoms with Crippen molar-refractivity contribution in [3.63, 3.8) is 0 Å². The minimum atomic E-state index is -3.54. The molecule has 134 valence electrons. The zero-order chi connectivity index (χ0) is 18.4. The van der Waals surface area contributed by atoms with Gasteiger partial charge in [0, 0.05) is 16.5 Å². The van der Waals surface area contributed by atoms with Gasteiger partial charge in [0.1, 0.15) is 0 Å². The molecule has 0 saturated heterocycles. The van der Waals surface area contributed by atoms with E-state index >= 15 is 0 Å². The Labute approximate surface area is 157 Å². The SMILES string of the molecule is CC(Sc1ccc(Cl)cc1)C(=O)NCc1ccc(CS(N)(=O)=O)cc1. The predicted octanol–water partition coefficient (Wildman–Crippen LogP) is 2.93. The van der Waals surface area contributed by atoms with E-state index in [1.807, 2.05) is 19.1 Å². The average molecular weight is 399 g/mol. The number of rotatable bonds is 7. The molecule has 0 heterocycles. The van der Waals surface area contributed by atoms with Crippen LogP contribution in [0, 0.1) is 0 Å². The van der Waals surface area contributed by atoms with Gasteiger partial charge in [-0.25, -0.2) is 13.6 Å². The highest BCUT2D eigenvalue weighted by Gasteiger charge is 2.14. The van der Waals surface area contributed by atoms with Crippen LogP contribution in [0.4, 0.5) is 0 Å². The van der Waals surface area contributed by atoms with Crippen LogP contribution in [0.15, 0.2) is 53.4 Å². The number of carbonyl (C=O) groups is 1. The van der Waals surface area contributed by atoms with Gasteiger partial charge in [-0.1, -0.05) is 35.9 Å². The average Bonchev–Trinajstić information content (AvgIpc) is 2.54. The largest absolute Gasteiger partial charge is 0.351 e. The van der Waals surface area contributed by atoms with Crippen LogP contribution in [0.3, 0.4) is 0 Å². The summed E-state index contributed by atoms with van der Waals surface area (Å²) in [5.74, 6) is -0.275. The fourth-order valence-corrected chi connectivity index (χ4v) is 3.76. The fourth-order valence-electron chi connectivity index (χ4n) is 2.09. The van der Waals surface area contributed by atoms with Crippen LogP contribution in [0.2, 0.25) is 5.02 Å². The van der Waals surface area contributed by atoms with Crippen molar-refractivity contribution in [3.05, 3.63) is 64.7 Å². The molecular weight excluding hydrogens is 380 g/mol. The van der Waals surface area contributed by atoms with Gasteiger partial charge in [0.15, 0.2) is 0 Å². The summed E-state index contributed by atoms with van der Waals surface area (Å²) in [5, 5.41) is 8.30. The molecule has 0 spiro atoms. The molecule has 3 N–H and O–H groups in total. The van der Waals surface area contributed by atoms with Gasteiger partial charge in [0.05, 0.1) is 11.0 Å². The Kier molecular flexibility index (Phi) is 6.89. The summed E-state index contributed by atoms with van der Waals surface area (Å²) < 4.78 is 22.1. The van der Waals surface area contributed by atoms with Crippen LogP contribution in [-0.2, 0) is 27.1 Å². The second kappa shape index (κ2) is 8.71. The first-order chi connectivity index (χ1) is 11.7. The highest BCUT2D eigenvalue weighted by molar-refractivity contribution is 8.00. The molecule has 1 atom stereocenters. The number of nitrogens with two attached hydrogens (primary N) is 1. The summed E-state index contributed by atoms with van der Waals surface area (Å²) in [6.07, 6.45) is 0. The highest BCUT2D eigenvalue weighted by Crippen LogP contribution is 2.24. The van der Waals surface area contributed by atoms with E-state index in [2.05, 4.69) is 5.32 Å². The Balaban J connectivity index is 1.85. The fraction of sp³-hybridized carbons (Fsp3) is 0.235. The molecule has 0 radical (unpaired) electrons. The molecule has 2 aromatic rings. The van der Waals surface area contributed by atoms with E-state index in [9.17, 15) is 13.2 Å². The summed E-state index contributed by atoms with van der Waals surface area (Å²) in [7, 11) is -3.54. The minimum absolute atomic E-state index is 0.0754. The van der Waals surface area contributed by atoms with Gasteiger partial charge in [-0.15, -0.1) is 11.8 Å². The van der Waals surface area contributed by atoms with Crippen molar-refractivity contribution in [2.45, 2.75) is 29.4 Å². The Morgan fingerprint density at radius 2 is 1.68 bits per heavy atom. The maximum Gasteiger partial charge on any atom is 0.233 e. The number of sulfonamides is 1. The molecule has 0 saturated carbocycles. The molecule has 8 heteroatoms. The first kappa shape index (κ1) is 19.8. The summed E-state index contributed by atoms with van der Waals surface area (Å²) in [6, 6.07) is 14.3. The lowest BCUT2D eigenvalue weighted by Gasteiger charge is -2.12. The third-order valence-corrected chi connectivity index (χ3v) is 5.45. The van der Waals surface area contributed by atoms with Gasteiger partial charge >= 0.3 is 0 Å². The molecule has 2 aromatic carbocycles. The monoisotopic (exact) mass is 398 g/mol. The van der Waals surface area contributed by atoms with Crippen molar-refractivity contribution in [2.24, 2.45) is 5.14 Å². The second-order valence-electron chi connectivity index (χ2n) is 5.56. The van der Waals surface area contributed by atoms with Gasteiger partial charge in [0.2, 0.25) is 15.9 Å². The van der Waals surface area contributed by atoms with Crippen LogP contribution >= 0.6 is 23.4 Å². The molecule has 0 fully saturated rings. The lowest BCUT2D eigenvalue weighted by Crippen LogP contribution is -2.30. The first-order valence-corrected chi connectivity index (χ1v) is 10.5. The topological polar surface area (TPSA) is 89.3 Å². The molecule has 2 rings (SSSR count). The number of carbonyl (C=O) groups excluding carboxylic acids is 1. The Morgan fingerprint density at radius 3 is 2.24 bits per heavy atom. The molecule has 1 unspecified atom stereocenters. The van der Waals surface area contributed by atoms with Crippen LogP contribution in [-0.4, -0.2) is 19.6 Å². The number of halogens is 1. The van der Waals surface area contributed by atoms with Crippen molar-refractivity contribution < 1.29 is 13.2 Å². The van der Waals surface area contributed by atoms with E-state index in [-0.39, 0.29) is 16.9 Å². The van der Waals surface area contributed by atoms with Crippen LogP contribution < -0.4 is 10.5 Å². The van der Waals surface area contributed by atoms with E-state index < -0.39 is 10.0 Å². The third-order valence-electron chi connectivity index (χ3n) is 3.35. The minimum Gasteiger partial charge on any atom is -0.351 e. The van der Waals surface area contributed by atoms with E-state index in [1.165, 1.54) is 11.8 Å². The van der Waals surface area contributed by atoms with Crippen molar-refractivity contribution in [1.82, 2.24) is 5.32 Å². The van der Waals surface area contributed by atoms with Crippen LogP contribution in [0.5, 0.6) is 0 Å². The zero-order valence-electron chi connectivity index (χ0n) is 13.6. The maximum absolute atomic E-state index is 12.2. The molecule has 5 nitrogen and oxygen atoms in total. The quantitative estimate of drug-likeness (QED) is 0.701. The first-order valence-electron chi connectivity index (χ1n) is 7.51. The van der Waals surface area contributed by atoms with Crippen LogP contribution in [0.25, 0.3) is 0 Å². The second-order valence-corrected chi connectivity index (χ2v) is 9.02. The summed E-state index contributed by atoms with van der Waals surface area (Å²) in [5.41, 5.74) is 1.50. The lowest BCUT2D eigenvalue weighted by molar-refractivity contribution is -0.120. The summed E-state index contributed by atoms with van der Waals surface area (Å²) in [6.45, 7) is 2.21. The number of benzene rings is 2. The number of amides is 1. The number of hydrogen-bond donors (Lipinski definition) is 2. The normalized spacial score (nSPS) is 12.6. The predicted molar refractivity (Wildman–Crippen MR) is 102 cm³/mol. The molecule has 0 aliphatic carbocycles. The molecule has 0 aliphatic heterocycles. The van der Waals surface area contributed by atoms with Gasteiger partial charge in [-0.05, 0) is 42.3 Å². The van der Waals surface area contributed by atoms with Gasteiger partial charge in [0.25, 0.3) is 0 Å². The number of hydrogen-bond acceptors (Lipinski definition) is 4. The molecule has 1 amide bonds.